The van der Waals surface area contributed by atoms with Gasteiger partial charge in [0, 0.05) is 12.3 Å². The minimum Gasteiger partial charge on any atom is -0.304 e. The summed E-state index contributed by atoms with van der Waals surface area (Å²) in [5, 5.41) is 3.12. The first-order valence-corrected chi connectivity index (χ1v) is 12.5. The van der Waals surface area contributed by atoms with Crippen LogP contribution >= 0.6 is 11.8 Å². The van der Waals surface area contributed by atoms with E-state index < -0.39 is 9.84 Å². The maximum Gasteiger partial charge on any atom is 0.216 e. The Morgan fingerprint density at radius 1 is 0.920 bits per heavy atom. The minimum absolute atomic E-state index is 0.125. The summed E-state index contributed by atoms with van der Waals surface area (Å²) >= 11 is 1.62. The van der Waals surface area contributed by atoms with E-state index in [-0.39, 0.29) is 34.2 Å². The fourth-order valence-corrected chi connectivity index (χ4v) is 6.93. The van der Waals surface area contributed by atoms with E-state index >= 15 is 0 Å². The molecule has 0 aromatic carbocycles. The summed E-state index contributed by atoms with van der Waals surface area (Å²) in [5.74, 6) is 0.980. The Morgan fingerprint density at radius 2 is 1.64 bits per heavy atom. The number of rotatable bonds is 5. The summed E-state index contributed by atoms with van der Waals surface area (Å²) in [5.41, 5.74) is 0. The van der Waals surface area contributed by atoms with Crippen LogP contribution in [0.5, 0.6) is 0 Å². The molecular formula is C18H29NO4S2. The molecule has 0 amide bonds. The molecule has 0 aromatic heterocycles. The molecular weight excluding hydrogens is 358 g/mol. The van der Waals surface area contributed by atoms with Gasteiger partial charge in [-0.1, -0.05) is 0 Å². The van der Waals surface area contributed by atoms with Gasteiger partial charge in [0.1, 0.15) is 9.84 Å². The molecule has 1 N–H and O–H groups in total. The zero-order chi connectivity index (χ0) is 18.0. The lowest BCUT2D eigenvalue weighted by atomic mass is 9.79. The molecule has 3 fully saturated rings. The van der Waals surface area contributed by atoms with Gasteiger partial charge in [-0.3, -0.25) is 9.59 Å². The molecule has 3 unspecified atom stereocenters. The van der Waals surface area contributed by atoms with Crippen molar-refractivity contribution in [3.05, 3.63) is 0 Å². The molecule has 3 rings (SSSR count). The molecule has 0 spiro atoms. The first-order valence-electron chi connectivity index (χ1n) is 9.51. The molecule has 1 saturated carbocycles. The smallest absolute Gasteiger partial charge is 0.216 e. The second-order valence-electron chi connectivity index (χ2n) is 7.85. The van der Waals surface area contributed by atoms with E-state index in [9.17, 15) is 18.0 Å². The highest BCUT2D eigenvalue weighted by atomic mass is 32.2. The van der Waals surface area contributed by atoms with Gasteiger partial charge in [-0.2, -0.15) is 11.8 Å². The molecule has 2 heterocycles. The lowest BCUT2D eigenvalue weighted by Gasteiger charge is -2.38. The van der Waals surface area contributed by atoms with Crippen LogP contribution in [-0.2, 0) is 19.4 Å². The number of hydrogen-bond acceptors (Lipinski definition) is 6. The Labute approximate surface area is 155 Å². The third-order valence-corrected chi connectivity index (χ3v) is 9.16. The molecule has 2 aliphatic heterocycles. The van der Waals surface area contributed by atoms with Crippen molar-refractivity contribution >= 4 is 33.2 Å². The Morgan fingerprint density at radius 3 is 2.24 bits per heavy atom. The number of Topliss-reactive ketones (excluding diaryl/α,β-unsaturated/α-hetero) is 2. The van der Waals surface area contributed by atoms with Crippen molar-refractivity contribution in [2.45, 2.75) is 80.4 Å². The Bertz CT molecular complexity index is 605. The molecule has 5 nitrogen and oxygen atoms in total. The van der Waals surface area contributed by atoms with Crippen molar-refractivity contribution in [3.8, 4) is 0 Å². The van der Waals surface area contributed by atoms with Gasteiger partial charge in [-0.15, -0.1) is 0 Å². The summed E-state index contributed by atoms with van der Waals surface area (Å²) in [6.45, 7) is 0. The maximum absolute atomic E-state index is 12.6. The van der Waals surface area contributed by atoms with Gasteiger partial charge in [0.2, 0.25) is 11.6 Å². The standard InChI is InChI=1S/C18H29NO4S2/c1-25(22,23)13-9-7-12(8-10-13)14-4-2-5-15(19-14)17(20)18(21)16-6-3-11-24-16/h12-16,19H,2-11H2,1H3. The topological polar surface area (TPSA) is 80.3 Å². The Kier molecular flexibility index (Phi) is 6.27. The van der Waals surface area contributed by atoms with Crippen LogP contribution in [-0.4, -0.2) is 54.6 Å². The molecule has 1 aliphatic carbocycles. The van der Waals surface area contributed by atoms with Crippen molar-refractivity contribution in [2.75, 3.05) is 12.0 Å². The number of sulfone groups is 1. The van der Waals surface area contributed by atoms with Gasteiger partial charge < -0.3 is 5.32 Å². The number of ketones is 2. The van der Waals surface area contributed by atoms with Crippen molar-refractivity contribution in [2.24, 2.45) is 5.92 Å². The first-order chi connectivity index (χ1) is 11.9. The zero-order valence-electron chi connectivity index (χ0n) is 14.9. The monoisotopic (exact) mass is 387 g/mol. The Hall–Kier alpha value is -0.400. The lowest BCUT2D eigenvalue weighted by molar-refractivity contribution is -0.138. The first kappa shape index (κ1) is 19.4. The van der Waals surface area contributed by atoms with E-state index in [1.807, 2.05) is 0 Å². The predicted molar refractivity (Wildman–Crippen MR) is 101 cm³/mol. The third kappa shape index (κ3) is 4.66. The molecule has 3 aliphatic rings. The highest BCUT2D eigenvalue weighted by molar-refractivity contribution is 8.01. The van der Waals surface area contributed by atoms with Crippen LogP contribution in [0, 0.1) is 5.92 Å². The number of carbonyl (C=O) groups excluding carboxylic acids is 2. The van der Waals surface area contributed by atoms with Gasteiger partial charge in [-0.05, 0) is 69.5 Å². The van der Waals surface area contributed by atoms with Crippen LogP contribution in [0.15, 0.2) is 0 Å². The summed E-state index contributed by atoms with van der Waals surface area (Å²) in [7, 11) is -2.95. The normalized spacial score (nSPS) is 36.9. The molecule has 142 valence electrons. The second-order valence-corrected chi connectivity index (χ2v) is 11.5. The SMILES string of the molecule is CS(=O)(=O)C1CCC(C2CCCC(C(=O)C(=O)C3CCCS3)N2)CC1. The van der Waals surface area contributed by atoms with Crippen LogP contribution in [0.4, 0.5) is 0 Å². The number of carbonyl (C=O) groups is 2. The predicted octanol–water partition coefficient (Wildman–Crippen LogP) is 2.13. The quantitative estimate of drug-likeness (QED) is 0.728. The number of nitrogens with one attached hydrogen (secondary N) is 1. The fourth-order valence-electron chi connectivity index (χ4n) is 4.58. The summed E-state index contributed by atoms with van der Waals surface area (Å²) < 4.78 is 23.4. The van der Waals surface area contributed by atoms with Crippen molar-refractivity contribution in [1.82, 2.24) is 5.32 Å². The van der Waals surface area contributed by atoms with Crippen LogP contribution in [0.1, 0.15) is 57.8 Å². The number of thioether (sulfide) groups is 1. The van der Waals surface area contributed by atoms with Gasteiger partial charge >= 0.3 is 0 Å². The van der Waals surface area contributed by atoms with E-state index in [0.717, 1.165) is 63.5 Å². The second kappa shape index (κ2) is 8.09. The average Bonchev–Trinajstić information content (AvgIpc) is 3.14. The van der Waals surface area contributed by atoms with Crippen LogP contribution < -0.4 is 5.32 Å². The van der Waals surface area contributed by atoms with Gasteiger partial charge in [0.05, 0.1) is 16.5 Å². The molecule has 3 atom stereocenters. The molecule has 2 saturated heterocycles. The number of hydrogen-bond donors (Lipinski definition) is 1. The lowest BCUT2D eigenvalue weighted by Crippen LogP contribution is -2.53. The third-order valence-electron chi connectivity index (χ3n) is 6.10. The highest BCUT2D eigenvalue weighted by Gasteiger charge is 2.38. The number of piperidine rings is 1. The molecule has 0 bridgehead atoms. The van der Waals surface area contributed by atoms with Crippen LogP contribution in [0.25, 0.3) is 0 Å². The van der Waals surface area contributed by atoms with Crippen LogP contribution in [0.2, 0.25) is 0 Å². The minimum atomic E-state index is -2.95. The summed E-state index contributed by atoms with van der Waals surface area (Å²) in [4.78, 5) is 25.0. The van der Waals surface area contributed by atoms with Gasteiger partial charge in [-0.25, -0.2) is 8.42 Å². The zero-order valence-corrected chi connectivity index (χ0v) is 16.5. The van der Waals surface area contributed by atoms with E-state index in [2.05, 4.69) is 5.32 Å². The van der Waals surface area contributed by atoms with E-state index in [0.29, 0.717) is 5.92 Å². The maximum atomic E-state index is 12.6. The molecule has 0 radical (unpaired) electrons. The van der Waals surface area contributed by atoms with E-state index in [1.165, 1.54) is 6.26 Å². The Balaban J connectivity index is 1.54. The molecule has 0 aromatic rings. The summed E-state index contributed by atoms with van der Waals surface area (Å²) in [6, 6.07) is -0.0904. The van der Waals surface area contributed by atoms with Crippen molar-refractivity contribution in [3.63, 3.8) is 0 Å². The highest BCUT2D eigenvalue weighted by Crippen LogP contribution is 2.34. The molecule has 7 heteroatoms. The summed E-state index contributed by atoms with van der Waals surface area (Å²) in [6.07, 6.45) is 9.14. The largest absolute Gasteiger partial charge is 0.304 e. The molecule has 25 heavy (non-hydrogen) atoms. The van der Waals surface area contributed by atoms with Crippen LogP contribution in [0.3, 0.4) is 0 Å². The van der Waals surface area contributed by atoms with E-state index in [4.69, 9.17) is 0 Å². The van der Waals surface area contributed by atoms with Gasteiger partial charge in [0.15, 0.2) is 0 Å². The van der Waals surface area contributed by atoms with Crippen molar-refractivity contribution in [1.29, 1.82) is 0 Å². The van der Waals surface area contributed by atoms with E-state index in [1.54, 1.807) is 11.8 Å². The fraction of sp³-hybridized carbons (Fsp3) is 0.889. The van der Waals surface area contributed by atoms with Gasteiger partial charge in [0.25, 0.3) is 0 Å². The van der Waals surface area contributed by atoms with Crippen molar-refractivity contribution < 1.29 is 18.0 Å². The average molecular weight is 388 g/mol.